The minimum atomic E-state index is -1.07. The van der Waals surface area contributed by atoms with Gasteiger partial charge in [0.2, 0.25) is 23.6 Å². The first kappa shape index (κ1) is 30.0. The summed E-state index contributed by atoms with van der Waals surface area (Å²) in [5.41, 5.74) is 0.818. The minimum Gasteiger partial charge on any atom is -0.375 e. The number of amides is 5. The van der Waals surface area contributed by atoms with Crippen LogP contribution in [0.2, 0.25) is 0 Å². The molecular weight excluding hydrogens is 506 g/mol. The number of carbonyl (C=O) groups excluding carboxylic acids is 5. The summed E-state index contributed by atoms with van der Waals surface area (Å²) in [5, 5.41) is 8.31. The molecule has 0 aliphatic carbocycles. The third-order valence-electron chi connectivity index (χ3n) is 6.60. The lowest BCUT2D eigenvalue weighted by molar-refractivity contribution is -0.159. The fourth-order valence-electron chi connectivity index (χ4n) is 4.67. The number of rotatable bonds is 6. The Morgan fingerprint density at radius 1 is 1.05 bits per heavy atom. The molecule has 5 amide bonds. The Hall–Kier alpha value is -3.51. The largest absolute Gasteiger partial charge is 0.375 e. The first-order valence-corrected chi connectivity index (χ1v) is 13.2. The highest BCUT2D eigenvalue weighted by Crippen LogP contribution is 2.15. The Balaban J connectivity index is 1.92. The third kappa shape index (κ3) is 8.75. The molecule has 39 heavy (non-hydrogen) atoms. The number of nitrogens with one attached hydrogen (secondary N) is 3. The van der Waals surface area contributed by atoms with E-state index in [2.05, 4.69) is 16.0 Å². The Morgan fingerprint density at radius 2 is 1.77 bits per heavy atom. The second-order valence-corrected chi connectivity index (χ2v) is 10.4. The molecule has 2 heterocycles. The predicted octanol–water partition coefficient (Wildman–Crippen LogP) is -0.925. The molecule has 0 aromatic heterocycles. The zero-order valence-corrected chi connectivity index (χ0v) is 23.0. The molecule has 2 bridgehead atoms. The van der Waals surface area contributed by atoms with E-state index in [1.54, 1.807) is 0 Å². The van der Waals surface area contributed by atoms with Gasteiger partial charge in [0.1, 0.15) is 18.7 Å². The number of fused-ring (bicyclic) bond motifs is 2. The van der Waals surface area contributed by atoms with Gasteiger partial charge >= 0.3 is 0 Å². The summed E-state index contributed by atoms with van der Waals surface area (Å²) in [6, 6.07) is 7.39. The van der Waals surface area contributed by atoms with E-state index in [0.717, 1.165) is 5.56 Å². The fourth-order valence-corrected chi connectivity index (χ4v) is 4.67. The van der Waals surface area contributed by atoms with Gasteiger partial charge in [0.25, 0.3) is 5.91 Å². The maximum atomic E-state index is 13.5. The van der Waals surface area contributed by atoms with E-state index in [4.69, 9.17) is 9.47 Å². The molecule has 4 atom stereocenters. The maximum Gasteiger partial charge on any atom is 0.251 e. The van der Waals surface area contributed by atoms with Crippen LogP contribution in [0.1, 0.15) is 25.8 Å². The van der Waals surface area contributed by atoms with Gasteiger partial charge in [-0.15, -0.1) is 0 Å². The van der Waals surface area contributed by atoms with Crippen LogP contribution >= 0.6 is 0 Å². The van der Waals surface area contributed by atoms with Crippen molar-refractivity contribution in [1.82, 2.24) is 25.8 Å². The van der Waals surface area contributed by atoms with E-state index in [1.165, 1.54) is 24.0 Å². The van der Waals surface area contributed by atoms with Crippen molar-refractivity contribution in [3.8, 4) is 0 Å². The van der Waals surface area contributed by atoms with Crippen LogP contribution in [-0.2, 0) is 39.9 Å². The van der Waals surface area contributed by atoms with Crippen molar-refractivity contribution in [1.29, 1.82) is 0 Å². The standard InChI is InChI=1S/C27H39N5O7/c1-17(2)10-20-25(35)28-12-19-13-32(24(34)16-38-4)14-22(39-19)26(36)30-21(11-18-8-6-5-7-9-18)27(37)31(3)15-23(33)29-20/h5-9,17,19-22H,10-16H2,1-4H3,(H,28,35)(H,29,33)(H,30,36)/t19-,20+,21-,22-/m1/s1. The first-order chi connectivity index (χ1) is 18.6. The van der Waals surface area contributed by atoms with E-state index < -0.39 is 47.9 Å². The van der Waals surface area contributed by atoms with Gasteiger partial charge in [-0.1, -0.05) is 44.2 Å². The lowest BCUT2D eigenvalue weighted by Crippen LogP contribution is -2.60. The number of methoxy groups -OCH3 is 1. The molecule has 3 N–H and O–H groups in total. The first-order valence-electron chi connectivity index (χ1n) is 13.2. The number of hydrogen-bond acceptors (Lipinski definition) is 7. The summed E-state index contributed by atoms with van der Waals surface area (Å²) in [6.07, 6.45) is -1.19. The van der Waals surface area contributed by atoms with Crippen LogP contribution in [0.15, 0.2) is 30.3 Å². The molecule has 2 saturated heterocycles. The topological polar surface area (TPSA) is 146 Å². The molecule has 2 aliphatic rings. The van der Waals surface area contributed by atoms with Gasteiger partial charge in [0.15, 0.2) is 6.10 Å². The van der Waals surface area contributed by atoms with Crippen molar-refractivity contribution < 1.29 is 33.4 Å². The summed E-state index contributed by atoms with van der Waals surface area (Å²) in [4.78, 5) is 68.1. The number of carbonyl (C=O) groups is 5. The molecule has 0 spiro atoms. The Bertz CT molecular complexity index is 1030. The van der Waals surface area contributed by atoms with Crippen LogP contribution < -0.4 is 16.0 Å². The zero-order chi connectivity index (χ0) is 28.5. The van der Waals surface area contributed by atoms with Crippen molar-refractivity contribution in [2.75, 3.05) is 46.9 Å². The number of hydrogen-bond donors (Lipinski definition) is 3. The van der Waals surface area contributed by atoms with Crippen molar-refractivity contribution in [3.05, 3.63) is 35.9 Å². The summed E-state index contributed by atoms with van der Waals surface area (Å²) >= 11 is 0. The number of nitrogens with zero attached hydrogens (tertiary/aromatic N) is 2. The lowest BCUT2D eigenvalue weighted by atomic mass is 10.0. The normalized spacial score (nSPS) is 25.4. The number of benzene rings is 1. The van der Waals surface area contributed by atoms with E-state index in [9.17, 15) is 24.0 Å². The Morgan fingerprint density at radius 3 is 2.44 bits per heavy atom. The number of ether oxygens (including phenoxy) is 2. The second-order valence-electron chi connectivity index (χ2n) is 10.4. The van der Waals surface area contributed by atoms with Gasteiger partial charge in [-0.05, 0) is 17.9 Å². The molecule has 2 aliphatic heterocycles. The summed E-state index contributed by atoms with van der Waals surface area (Å²) in [5.74, 6) is -2.15. The van der Waals surface area contributed by atoms with Crippen LogP contribution in [0.4, 0.5) is 0 Å². The van der Waals surface area contributed by atoms with Crippen LogP contribution in [0.25, 0.3) is 0 Å². The Labute approximate surface area is 228 Å². The van der Waals surface area contributed by atoms with Crippen LogP contribution in [-0.4, -0.2) is 111 Å². The molecule has 1 aromatic rings. The molecular formula is C27H39N5O7. The highest BCUT2D eigenvalue weighted by atomic mass is 16.5. The molecule has 0 saturated carbocycles. The Kier molecular flexibility index (Phi) is 10.8. The molecule has 3 rings (SSSR count). The monoisotopic (exact) mass is 545 g/mol. The predicted molar refractivity (Wildman–Crippen MR) is 141 cm³/mol. The number of morpholine rings is 1. The van der Waals surface area contributed by atoms with E-state index in [0.29, 0.717) is 6.42 Å². The van der Waals surface area contributed by atoms with E-state index in [-0.39, 0.29) is 51.0 Å². The summed E-state index contributed by atoms with van der Waals surface area (Å²) < 4.78 is 11.0. The van der Waals surface area contributed by atoms with Crippen LogP contribution in [0.5, 0.6) is 0 Å². The van der Waals surface area contributed by atoms with Crippen LogP contribution in [0, 0.1) is 5.92 Å². The highest BCUT2D eigenvalue weighted by Gasteiger charge is 2.37. The van der Waals surface area contributed by atoms with Gasteiger partial charge in [0.05, 0.1) is 19.2 Å². The number of likely N-dealkylation sites (N-methyl/N-ethyl adjacent to an activating group) is 1. The smallest absolute Gasteiger partial charge is 0.251 e. The van der Waals surface area contributed by atoms with Gasteiger partial charge < -0.3 is 35.2 Å². The fraction of sp³-hybridized carbons (Fsp3) is 0.593. The van der Waals surface area contributed by atoms with E-state index >= 15 is 0 Å². The van der Waals surface area contributed by atoms with Gasteiger partial charge in [-0.2, -0.15) is 0 Å². The van der Waals surface area contributed by atoms with Crippen molar-refractivity contribution >= 4 is 29.5 Å². The quantitative estimate of drug-likeness (QED) is 0.419. The third-order valence-corrected chi connectivity index (χ3v) is 6.60. The summed E-state index contributed by atoms with van der Waals surface area (Å²) in [6.45, 7) is 3.54. The van der Waals surface area contributed by atoms with Crippen molar-refractivity contribution in [2.24, 2.45) is 5.92 Å². The van der Waals surface area contributed by atoms with Gasteiger partial charge in [-0.25, -0.2) is 0 Å². The van der Waals surface area contributed by atoms with Gasteiger partial charge in [0, 0.05) is 33.7 Å². The average Bonchev–Trinajstić information content (AvgIpc) is 2.90. The molecule has 0 radical (unpaired) electrons. The summed E-state index contributed by atoms with van der Waals surface area (Å²) in [7, 11) is 2.88. The molecule has 2 fully saturated rings. The molecule has 12 nitrogen and oxygen atoms in total. The lowest BCUT2D eigenvalue weighted by Gasteiger charge is -2.38. The van der Waals surface area contributed by atoms with Gasteiger partial charge in [-0.3, -0.25) is 24.0 Å². The average molecular weight is 546 g/mol. The second kappa shape index (κ2) is 14.0. The molecule has 214 valence electrons. The maximum absolute atomic E-state index is 13.5. The molecule has 0 unspecified atom stereocenters. The van der Waals surface area contributed by atoms with E-state index in [1.807, 2.05) is 44.2 Å². The van der Waals surface area contributed by atoms with Crippen molar-refractivity contribution in [2.45, 2.75) is 51.0 Å². The van der Waals surface area contributed by atoms with Crippen LogP contribution in [0.3, 0.4) is 0 Å². The van der Waals surface area contributed by atoms with Crippen molar-refractivity contribution in [3.63, 3.8) is 0 Å². The SMILES string of the molecule is COCC(=O)N1C[C@H]2CNC(=O)[C@H](CC(C)C)NC(=O)CN(C)C(=O)[C@@H](Cc3ccccc3)NC(=O)[C@@H](C1)O2. The minimum absolute atomic E-state index is 0.0239. The highest BCUT2D eigenvalue weighted by molar-refractivity contribution is 5.93. The zero-order valence-electron chi connectivity index (χ0n) is 23.0. The molecule has 12 heteroatoms. The molecule has 1 aromatic carbocycles.